The van der Waals surface area contributed by atoms with Crippen molar-refractivity contribution in [3.8, 4) is 16.8 Å². The van der Waals surface area contributed by atoms with Crippen LogP contribution in [0.15, 0.2) is 65.3 Å². The largest absolute Gasteiger partial charge is 0.341 e. The number of benzene rings is 2. The molecule has 0 saturated heterocycles. The molecular weight excluding hydrogens is 364 g/mol. The molecule has 1 N–H and O–H groups in total. The molecule has 2 aliphatic rings. The lowest BCUT2D eigenvalue weighted by Crippen LogP contribution is -2.33. The topological polar surface area (TPSA) is 34.0 Å². The molecule has 1 aliphatic carbocycles. The minimum absolute atomic E-state index is 0.00186. The number of nitrogens with zero attached hydrogens (tertiary/aromatic N) is 1. The van der Waals surface area contributed by atoms with Crippen LogP contribution in [0, 0.1) is 0 Å². The molecule has 0 bridgehead atoms. The first kappa shape index (κ1) is 14.1. The van der Waals surface area contributed by atoms with E-state index in [4.69, 9.17) is 0 Å². The van der Waals surface area contributed by atoms with Crippen LogP contribution < -0.4 is 5.32 Å². The van der Waals surface area contributed by atoms with Gasteiger partial charge in [-0.05, 0) is 36.6 Å². The second-order valence-corrected chi connectivity index (χ2v) is 7.46. The molecule has 0 unspecified atom stereocenters. The predicted molar refractivity (Wildman–Crippen MR) is 97.3 cm³/mol. The third kappa shape index (κ3) is 1.99. The van der Waals surface area contributed by atoms with Crippen molar-refractivity contribution < 1.29 is 4.79 Å². The van der Waals surface area contributed by atoms with E-state index in [2.05, 4.69) is 57.8 Å². The van der Waals surface area contributed by atoms with Gasteiger partial charge < -0.3 is 9.88 Å². The summed E-state index contributed by atoms with van der Waals surface area (Å²) >= 11 is 3.57. The third-order valence-electron chi connectivity index (χ3n) is 5.00. The molecule has 5 rings (SSSR count). The number of hydrogen-bond acceptors (Lipinski definition) is 1. The average molecular weight is 379 g/mol. The quantitative estimate of drug-likeness (QED) is 0.657. The Morgan fingerprint density at radius 1 is 1.00 bits per heavy atom. The smallest absolute Gasteiger partial charge is 0.268 e. The van der Waals surface area contributed by atoms with E-state index in [0.717, 1.165) is 34.1 Å². The Bertz CT molecular complexity index is 971. The zero-order chi connectivity index (χ0) is 16.3. The van der Waals surface area contributed by atoms with E-state index in [-0.39, 0.29) is 11.4 Å². The maximum atomic E-state index is 12.8. The number of hydrogen-bond donors (Lipinski definition) is 1. The van der Waals surface area contributed by atoms with Crippen molar-refractivity contribution in [2.45, 2.75) is 18.4 Å². The summed E-state index contributed by atoms with van der Waals surface area (Å²) in [5.41, 5.74) is 4.96. The Labute approximate surface area is 148 Å². The minimum Gasteiger partial charge on any atom is -0.341 e. The van der Waals surface area contributed by atoms with Crippen molar-refractivity contribution in [1.82, 2.24) is 9.88 Å². The summed E-state index contributed by atoms with van der Waals surface area (Å²) in [6.07, 6.45) is 4.07. The van der Waals surface area contributed by atoms with Gasteiger partial charge >= 0.3 is 0 Å². The Kier molecular flexibility index (Phi) is 2.83. The molecule has 1 spiro atoms. The maximum Gasteiger partial charge on any atom is 0.268 e. The van der Waals surface area contributed by atoms with Gasteiger partial charge in [-0.3, -0.25) is 4.79 Å². The number of carbonyl (C=O) groups excluding carboxylic acids is 1. The van der Waals surface area contributed by atoms with Crippen LogP contribution in [0.3, 0.4) is 0 Å². The van der Waals surface area contributed by atoms with Gasteiger partial charge in [0, 0.05) is 21.8 Å². The Balaban J connectivity index is 1.76. The Morgan fingerprint density at radius 3 is 2.54 bits per heavy atom. The number of nitrogens with one attached hydrogen (secondary N) is 1. The molecule has 2 aromatic carbocycles. The number of fused-ring (bicyclic) bond motifs is 4. The molecule has 118 valence electrons. The number of rotatable bonds is 1. The van der Waals surface area contributed by atoms with Gasteiger partial charge in [-0.2, -0.15) is 0 Å². The standard InChI is InChI=1S/C20H15BrN2O/c21-15-6-7-16-17(11-15)23-12-14(13-4-2-1-3-5-13)10-18(23)19(24)22-20(16)8-9-20/h1-7,10-12H,8-9H2,(H,22,24). The van der Waals surface area contributed by atoms with Crippen LogP contribution >= 0.6 is 15.9 Å². The van der Waals surface area contributed by atoms with Crippen molar-refractivity contribution in [3.05, 3.63) is 76.5 Å². The van der Waals surface area contributed by atoms with Crippen molar-refractivity contribution in [2.24, 2.45) is 0 Å². The predicted octanol–water partition coefficient (Wildman–Crippen LogP) is 4.64. The van der Waals surface area contributed by atoms with Crippen molar-refractivity contribution in [1.29, 1.82) is 0 Å². The van der Waals surface area contributed by atoms with Crippen LogP contribution in [0.25, 0.3) is 16.8 Å². The molecular formula is C20H15BrN2O. The van der Waals surface area contributed by atoms with Gasteiger partial charge in [0.1, 0.15) is 5.69 Å². The fraction of sp³-hybridized carbons (Fsp3) is 0.150. The average Bonchev–Trinajstić information content (AvgIpc) is 3.24. The normalized spacial score (nSPS) is 17.0. The third-order valence-corrected chi connectivity index (χ3v) is 5.49. The van der Waals surface area contributed by atoms with Crippen LogP contribution in [0.4, 0.5) is 0 Å². The summed E-state index contributed by atoms with van der Waals surface area (Å²) in [6, 6.07) is 18.4. The molecule has 1 saturated carbocycles. The molecule has 0 radical (unpaired) electrons. The van der Waals surface area contributed by atoms with Gasteiger partial charge in [-0.25, -0.2) is 0 Å². The molecule has 24 heavy (non-hydrogen) atoms. The van der Waals surface area contributed by atoms with Crippen LogP contribution in [-0.2, 0) is 5.54 Å². The first-order valence-electron chi connectivity index (χ1n) is 8.07. The highest BCUT2D eigenvalue weighted by molar-refractivity contribution is 9.10. The van der Waals surface area contributed by atoms with Gasteiger partial charge in [0.2, 0.25) is 0 Å². The van der Waals surface area contributed by atoms with Crippen LogP contribution in [-0.4, -0.2) is 10.5 Å². The van der Waals surface area contributed by atoms with Gasteiger partial charge in [0.05, 0.1) is 11.2 Å². The highest BCUT2D eigenvalue weighted by Crippen LogP contribution is 2.50. The monoisotopic (exact) mass is 378 g/mol. The summed E-state index contributed by atoms with van der Waals surface area (Å²) < 4.78 is 3.05. The summed E-state index contributed by atoms with van der Waals surface area (Å²) in [4.78, 5) is 12.8. The second-order valence-electron chi connectivity index (χ2n) is 6.55. The van der Waals surface area contributed by atoms with Crippen LogP contribution in [0.1, 0.15) is 28.9 Å². The molecule has 1 aliphatic heterocycles. The minimum atomic E-state index is -0.182. The fourth-order valence-corrected chi connectivity index (χ4v) is 3.95. The summed E-state index contributed by atoms with van der Waals surface area (Å²) in [5, 5.41) is 3.25. The van der Waals surface area contributed by atoms with Gasteiger partial charge in [-0.1, -0.05) is 52.3 Å². The first-order valence-corrected chi connectivity index (χ1v) is 8.86. The number of carbonyl (C=O) groups is 1. The number of aromatic nitrogens is 1. The number of amides is 1. The van der Waals surface area contributed by atoms with Gasteiger partial charge in [0.15, 0.2) is 0 Å². The van der Waals surface area contributed by atoms with Crippen molar-refractivity contribution >= 4 is 21.8 Å². The summed E-state index contributed by atoms with van der Waals surface area (Å²) in [7, 11) is 0. The van der Waals surface area contributed by atoms with E-state index < -0.39 is 0 Å². The molecule has 1 aromatic heterocycles. The highest BCUT2D eigenvalue weighted by atomic mass is 79.9. The van der Waals surface area contributed by atoms with Gasteiger partial charge in [0.25, 0.3) is 5.91 Å². The molecule has 3 aromatic rings. The molecule has 1 fully saturated rings. The lowest BCUT2D eigenvalue weighted by molar-refractivity contribution is 0.0927. The van der Waals surface area contributed by atoms with E-state index in [9.17, 15) is 4.79 Å². The Hall–Kier alpha value is -2.33. The highest BCUT2D eigenvalue weighted by Gasteiger charge is 2.49. The zero-order valence-corrected chi connectivity index (χ0v) is 14.5. The number of halogens is 1. The molecule has 0 atom stereocenters. The van der Waals surface area contributed by atoms with E-state index in [0.29, 0.717) is 5.69 Å². The van der Waals surface area contributed by atoms with Crippen LogP contribution in [0.5, 0.6) is 0 Å². The van der Waals surface area contributed by atoms with Gasteiger partial charge in [-0.15, -0.1) is 0 Å². The van der Waals surface area contributed by atoms with E-state index in [1.165, 1.54) is 5.56 Å². The first-order chi connectivity index (χ1) is 11.7. The van der Waals surface area contributed by atoms with Crippen molar-refractivity contribution in [3.63, 3.8) is 0 Å². The fourth-order valence-electron chi connectivity index (χ4n) is 3.60. The lowest BCUT2D eigenvalue weighted by Gasteiger charge is -2.17. The molecule has 2 heterocycles. The molecule has 3 nitrogen and oxygen atoms in total. The molecule has 1 amide bonds. The maximum absolute atomic E-state index is 12.8. The Morgan fingerprint density at radius 2 is 1.79 bits per heavy atom. The summed E-state index contributed by atoms with van der Waals surface area (Å²) in [6.45, 7) is 0. The van der Waals surface area contributed by atoms with Crippen LogP contribution in [0.2, 0.25) is 0 Å². The van der Waals surface area contributed by atoms with E-state index in [1.807, 2.05) is 28.8 Å². The molecule has 4 heteroatoms. The second kappa shape index (κ2) is 4.84. The zero-order valence-electron chi connectivity index (χ0n) is 12.9. The summed E-state index contributed by atoms with van der Waals surface area (Å²) in [5.74, 6) is 0.00186. The lowest BCUT2D eigenvalue weighted by atomic mass is 10.0. The SMILES string of the molecule is O=C1NC2(CC2)c2ccc(Br)cc2-n2cc(-c3ccccc3)cc21. The van der Waals surface area contributed by atoms with E-state index >= 15 is 0 Å². The van der Waals surface area contributed by atoms with Crippen molar-refractivity contribution in [2.75, 3.05) is 0 Å². The van der Waals surface area contributed by atoms with E-state index in [1.54, 1.807) is 0 Å².